The zero-order chi connectivity index (χ0) is 20.1. The lowest BCUT2D eigenvalue weighted by atomic mass is 10.0. The number of rotatable bonds is 5. The fraction of sp³-hybridized carbons (Fsp3) is 0.0952. The third-order valence-corrected chi connectivity index (χ3v) is 5.04. The molecule has 0 atom stereocenters. The first-order valence-corrected chi connectivity index (χ1v) is 9.21. The second-order valence-electron chi connectivity index (χ2n) is 5.82. The molecule has 3 rings (SSSR count). The maximum atomic E-state index is 13.7. The molecule has 0 unspecified atom stereocenters. The fourth-order valence-electron chi connectivity index (χ4n) is 2.64. The summed E-state index contributed by atoms with van der Waals surface area (Å²) in [6.07, 6.45) is 3.73. The minimum absolute atomic E-state index is 0.0477. The summed E-state index contributed by atoms with van der Waals surface area (Å²) in [6.45, 7) is 5.56. The van der Waals surface area contributed by atoms with Crippen molar-refractivity contribution in [1.82, 2.24) is 4.98 Å². The Morgan fingerprint density at radius 1 is 1.32 bits per heavy atom. The number of nitrogens with zero attached hydrogens (tertiary/aromatic N) is 2. The molecule has 2 heterocycles. The molecule has 0 saturated carbocycles. The van der Waals surface area contributed by atoms with Gasteiger partial charge < -0.3 is 10.1 Å². The highest BCUT2D eigenvalue weighted by molar-refractivity contribution is 7.19. The van der Waals surface area contributed by atoms with Gasteiger partial charge in [0.25, 0.3) is 5.91 Å². The first-order valence-electron chi connectivity index (χ1n) is 8.40. The second kappa shape index (κ2) is 8.58. The second-order valence-corrected chi connectivity index (χ2v) is 6.90. The van der Waals surface area contributed by atoms with E-state index in [2.05, 4.69) is 21.9 Å². The predicted octanol–water partition coefficient (Wildman–Crippen LogP) is 5.05. The largest absolute Gasteiger partial charge is 0.447 e. The summed E-state index contributed by atoms with van der Waals surface area (Å²) in [4.78, 5) is 21.0. The van der Waals surface area contributed by atoms with Crippen molar-refractivity contribution in [3.8, 4) is 10.4 Å². The van der Waals surface area contributed by atoms with Gasteiger partial charge in [0.05, 0.1) is 23.0 Å². The molecule has 0 aliphatic rings. The SMILES string of the molecule is C=COC(=NC)c1ccc(C)c(-c2ccc(NC(=O)c3ccncc3F)s2)c1. The lowest BCUT2D eigenvalue weighted by Gasteiger charge is -2.09. The third kappa shape index (κ3) is 4.15. The van der Waals surface area contributed by atoms with Crippen LogP contribution in [0.4, 0.5) is 9.39 Å². The molecule has 142 valence electrons. The highest BCUT2D eigenvalue weighted by Crippen LogP contribution is 2.34. The summed E-state index contributed by atoms with van der Waals surface area (Å²) in [6, 6.07) is 10.9. The van der Waals surface area contributed by atoms with Crippen LogP contribution in [-0.4, -0.2) is 23.8 Å². The molecule has 1 N–H and O–H groups in total. The number of nitrogens with one attached hydrogen (secondary N) is 1. The van der Waals surface area contributed by atoms with Crippen LogP contribution in [0.25, 0.3) is 10.4 Å². The molecule has 0 aliphatic carbocycles. The van der Waals surface area contributed by atoms with Crippen molar-refractivity contribution < 1.29 is 13.9 Å². The molecule has 0 aliphatic heterocycles. The number of hydrogen-bond acceptors (Lipinski definition) is 5. The van der Waals surface area contributed by atoms with Crippen molar-refractivity contribution in [3.05, 3.63) is 84.1 Å². The van der Waals surface area contributed by atoms with E-state index in [4.69, 9.17) is 4.74 Å². The van der Waals surface area contributed by atoms with Gasteiger partial charge in [-0.2, -0.15) is 0 Å². The predicted molar refractivity (Wildman–Crippen MR) is 110 cm³/mol. The number of aliphatic imine (C=N–C) groups is 1. The van der Waals surface area contributed by atoms with E-state index in [0.29, 0.717) is 10.9 Å². The topological polar surface area (TPSA) is 63.6 Å². The van der Waals surface area contributed by atoms with E-state index < -0.39 is 11.7 Å². The molecular weight excluding hydrogens is 377 g/mol. The molecule has 28 heavy (non-hydrogen) atoms. The number of thiophene rings is 1. The molecule has 3 aromatic rings. The van der Waals surface area contributed by atoms with E-state index in [1.807, 2.05) is 31.2 Å². The maximum Gasteiger partial charge on any atom is 0.259 e. The highest BCUT2D eigenvalue weighted by Gasteiger charge is 2.14. The normalized spacial score (nSPS) is 11.2. The zero-order valence-corrected chi connectivity index (χ0v) is 16.2. The van der Waals surface area contributed by atoms with Crippen LogP contribution in [0.15, 0.2) is 66.6 Å². The van der Waals surface area contributed by atoms with E-state index >= 15 is 0 Å². The molecule has 0 radical (unpaired) electrons. The first-order chi connectivity index (χ1) is 13.5. The third-order valence-electron chi connectivity index (χ3n) is 4.01. The zero-order valence-electron chi connectivity index (χ0n) is 15.4. The number of benzene rings is 1. The molecule has 7 heteroatoms. The number of halogens is 1. The molecule has 1 aromatic carbocycles. The average Bonchev–Trinajstić information content (AvgIpc) is 3.15. The van der Waals surface area contributed by atoms with Gasteiger partial charge in [0.15, 0.2) is 5.82 Å². The molecule has 0 spiro atoms. The minimum Gasteiger partial charge on any atom is -0.447 e. The Morgan fingerprint density at radius 2 is 2.14 bits per heavy atom. The van der Waals surface area contributed by atoms with Gasteiger partial charge in [-0.15, -0.1) is 11.3 Å². The number of aromatic nitrogens is 1. The van der Waals surface area contributed by atoms with Gasteiger partial charge in [-0.3, -0.25) is 14.8 Å². The summed E-state index contributed by atoms with van der Waals surface area (Å²) in [7, 11) is 1.65. The first kappa shape index (κ1) is 19.4. The van der Waals surface area contributed by atoms with E-state index in [0.717, 1.165) is 27.8 Å². The number of hydrogen-bond donors (Lipinski definition) is 1. The van der Waals surface area contributed by atoms with Gasteiger partial charge in [-0.05, 0) is 48.4 Å². The number of carbonyl (C=O) groups is 1. The molecule has 0 fully saturated rings. The number of anilines is 1. The van der Waals surface area contributed by atoms with Crippen molar-refractivity contribution >= 4 is 28.1 Å². The lowest BCUT2D eigenvalue weighted by Crippen LogP contribution is -2.12. The number of pyridine rings is 1. The van der Waals surface area contributed by atoms with Crippen molar-refractivity contribution in [2.24, 2.45) is 4.99 Å². The quantitative estimate of drug-likeness (QED) is 0.374. The molecule has 1 amide bonds. The molecule has 0 bridgehead atoms. The minimum atomic E-state index is -0.658. The summed E-state index contributed by atoms with van der Waals surface area (Å²) < 4.78 is 19.1. The summed E-state index contributed by atoms with van der Waals surface area (Å²) in [5.74, 6) is -0.707. The van der Waals surface area contributed by atoms with Crippen molar-refractivity contribution in [3.63, 3.8) is 0 Å². The van der Waals surface area contributed by atoms with Gasteiger partial charge in [0.2, 0.25) is 5.90 Å². The van der Waals surface area contributed by atoms with Crippen LogP contribution < -0.4 is 5.32 Å². The van der Waals surface area contributed by atoms with Gasteiger partial charge >= 0.3 is 0 Å². The van der Waals surface area contributed by atoms with Crippen LogP contribution in [0.2, 0.25) is 0 Å². The molecule has 5 nitrogen and oxygen atoms in total. The summed E-state index contributed by atoms with van der Waals surface area (Å²) >= 11 is 1.40. The molecular formula is C21H18FN3O2S. The Morgan fingerprint density at radius 3 is 2.86 bits per heavy atom. The Hall–Kier alpha value is -3.32. The smallest absolute Gasteiger partial charge is 0.259 e. The summed E-state index contributed by atoms with van der Waals surface area (Å²) in [5.41, 5.74) is 2.83. The van der Waals surface area contributed by atoms with E-state index in [-0.39, 0.29) is 5.56 Å². The monoisotopic (exact) mass is 395 g/mol. The van der Waals surface area contributed by atoms with Gasteiger partial charge in [0, 0.05) is 23.7 Å². The van der Waals surface area contributed by atoms with Crippen LogP contribution in [-0.2, 0) is 4.74 Å². The Balaban J connectivity index is 1.87. The average molecular weight is 395 g/mol. The number of aryl methyl sites for hydroxylation is 1. The Kier molecular flexibility index (Phi) is 5.96. The molecule has 2 aromatic heterocycles. The van der Waals surface area contributed by atoms with Crippen LogP contribution in [0.5, 0.6) is 0 Å². The highest BCUT2D eigenvalue weighted by atomic mass is 32.1. The van der Waals surface area contributed by atoms with Crippen LogP contribution in [0.1, 0.15) is 21.5 Å². The number of ether oxygens (including phenoxy) is 1. The van der Waals surface area contributed by atoms with Crippen molar-refractivity contribution in [1.29, 1.82) is 0 Å². The van der Waals surface area contributed by atoms with E-state index in [9.17, 15) is 9.18 Å². The Bertz CT molecular complexity index is 1060. The van der Waals surface area contributed by atoms with Crippen LogP contribution in [0, 0.1) is 12.7 Å². The van der Waals surface area contributed by atoms with Gasteiger partial charge in [-0.1, -0.05) is 12.6 Å². The van der Waals surface area contributed by atoms with Crippen molar-refractivity contribution in [2.75, 3.05) is 12.4 Å². The van der Waals surface area contributed by atoms with E-state index in [1.165, 1.54) is 29.9 Å². The summed E-state index contributed by atoms with van der Waals surface area (Å²) in [5, 5.41) is 3.35. The lowest BCUT2D eigenvalue weighted by molar-refractivity contribution is 0.102. The van der Waals surface area contributed by atoms with Gasteiger partial charge in [-0.25, -0.2) is 4.39 Å². The number of amides is 1. The van der Waals surface area contributed by atoms with Gasteiger partial charge in [0.1, 0.15) is 0 Å². The van der Waals surface area contributed by atoms with E-state index in [1.54, 1.807) is 13.1 Å². The van der Waals surface area contributed by atoms with Crippen molar-refractivity contribution in [2.45, 2.75) is 6.92 Å². The number of carbonyl (C=O) groups excluding carboxylic acids is 1. The Labute approximate surface area is 166 Å². The molecule has 0 saturated heterocycles. The van der Waals surface area contributed by atoms with Crippen LogP contribution >= 0.6 is 11.3 Å². The standard InChI is InChI=1S/C21H18FN3O2S/c1-4-27-21(23-3)14-6-5-13(2)16(11-14)18-7-8-19(28-18)25-20(26)15-9-10-24-12-17(15)22/h4-12H,1H2,2-3H3,(H,25,26). The fourth-order valence-corrected chi connectivity index (χ4v) is 3.62. The maximum absolute atomic E-state index is 13.7. The van der Waals surface area contributed by atoms with Crippen LogP contribution in [0.3, 0.4) is 0 Å².